The molecule has 18 heavy (non-hydrogen) atoms. The highest BCUT2D eigenvalue weighted by Crippen LogP contribution is 2.27. The molecule has 2 N–H and O–H groups in total. The number of hydrogen-bond acceptors (Lipinski definition) is 2. The molecule has 3 heteroatoms. The number of nitrogen functional groups attached to an aromatic ring is 1. The first-order chi connectivity index (χ1) is 8.56. The minimum atomic E-state index is 0.00507. The Bertz CT molecular complexity index is 537. The van der Waals surface area contributed by atoms with Crippen LogP contribution in [0.2, 0.25) is 0 Å². The summed E-state index contributed by atoms with van der Waals surface area (Å²) in [5, 5.41) is 0. The molecule has 0 spiro atoms. The van der Waals surface area contributed by atoms with Crippen molar-refractivity contribution in [2.24, 2.45) is 0 Å². The van der Waals surface area contributed by atoms with E-state index in [1.807, 2.05) is 56.3 Å². The zero-order valence-corrected chi connectivity index (χ0v) is 12.1. The maximum absolute atomic E-state index is 5.96. The van der Waals surface area contributed by atoms with Gasteiger partial charge in [-0.2, -0.15) is 0 Å². The number of hydrogen-bond donors (Lipinski definition) is 1. The lowest BCUT2D eigenvalue weighted by Gasteiger charge is -2.17. The first-order valence-electron chi connectivity index (χ1n) is 5.84. The van der Waals surface area contributed by atoms with Crippen LogP contribution >= 0.6 is 15.9 Å². The Morgan fingerprint density at radius 1 is 1.11 bits per heavy atom. The van der Waals surface area contributed by atoms with E-state index in [1.165, 1.54) is 0 Å². The van der Waals surface area contributed by atoms with E-state index in [1.54, 1.807) is 0 Å². The Morgan fingerprint density at radius 3 is 2.39 bits per heavy atom. The number of nitrogens with two attached hydrogens (primary N) is 1. The third-order valence-corrected chi connectivity index (χ3v) is 3.34. The molecular weight excluding hydrogens is 290 g/mol. The Kier molecular flexibility index (Phi) is 3.92. The van der Waals surface area contributed by atoms with Crippen LogP contribution in [0.25, 0.3) is 0 Å². The average Bonchev–Trinajstić information content (AvgIpc) is 2.33. The van der Waals surface area contributed by atoms with Crippen LogP contribution in [0.5, 0.6) is 5.75 Å². The van der Waals surface area contributed by atoms with Gasteiger partial charge in [-0.05, 0) is 55.3 Å². The number of rotatable bonds is 3. The smallest absolute Gasteiger partial charge is 0.123 e. The number of halogens is 1. The van der Waals surface area contributed by atoms with Gasteiger partial charge in [0.15, 0.2) is 0 Å². The van der Waals surface area contributed by atoms with Gasteiger partial charge in [0, 0.05) is 10.2 Å². The quantitative estimate of drug-likeness (QED) is 0.849. The Balaban J connectivity index is 2.15. The van der Waals surface area contributed by atoms with Crippen molar-refractivity contribution in [2.45, 2.75) is 20.0 Å². The fourth-order valence-electron chi connectivity index (χ4n) is 1.77. The number of benzene rings is 2. The molecule has 0 aliphatic carbocycles. The second-order valence-corrected chi connectivity index (χ2v) is 5.25. The van der Waals surface area contributed by atoms with Gasteiger partial charge in [0.05, 0.1) is 0 Å². The minimum absolute atomic E-state index is 0.00507. The molecule has 2 rings (SSSR count). The van der Waals surface area contributed by atoms with Gasteiger partial charge in [0.2, 0.25) is 0 Å². The van der Waals surface area contributed by atoms with Crippen LogP contribution < -0.4 is 10.5 Å². The van der Waals surface area contributed by atoms with Gasteiger partial charge in [0.25, 0.3) is 0 Å². The van der Waals surface area contributed by atoms with Gasteiger partial charge in [-0.1, -0.05) is 28.1 Å². The summed E-state index contributed by atoms with van der Waals surface area (Å²) in [6, 6.07) is 13.8. The largest absolute Gasteiger partial charge is 0.486 e. The standard InChI is InChI=1S/C15H16BrNO/c1-10-9-13(16)5-8-15(10)18-11(2)12-3-6-14(17)7-4-12/h3-9,11H,17H2,1-2H3. The minimum Gasteiger partial charge on any atom is -0.486 e. The van der Waals surface area contributed by atoms with E-state index in [0.717, 1.165) is 27.0 Å². The second-order valence-electron chi connectivity index (χ2n) is 4.34. The highest BCUT2D eigenvalue weighted by Gasteiger charge is 2.08. The molecule has 2 aromatic rings. The fraction of sp³-hybridized carbons (Fsp3) is 0.200. The topological polar surface area (TPSA) is 35.2 Å². The molecule has 0 aromatic heterocycles. The highest BCUT2D eigenvalue weighted by atomic mass is 79.9. The average molecular weight is 306 g/mol. The predicted molar refractivity (Wildman–Crippen MR) is 78.8 cm³/mol. The molecule has 94 valence electrons. The van der Waals surface area contributed by atoms with Gasteiger partial charge in [-0.15, -0.1) is 0 Å². The van der Waals surface area contributed by atoms with Gasteiger partial charge < -0.3 is 10.5 Å². The molecule has 0 saturated carbocycles. The van der Waals surface area contributed by atoms with Crippen molar-refractivity contribution in [3.05, 3.63) is 58.1 Å². The van der Waals surface area contributed by atoms with Crippen molar-refractivity contribution < 1.29 is 4.74 Å². The molecule has 0 radical (unpaired) electrons. The molecular formula is C15H16BrNO. The van der Waals surface area contributed by atoms with Crippen LogP contribution in [0, 0.1) is 6.92 Å². The number of anilines is 1. The SMILES string of the molecule is Cc1cc(Br)ccc1OC(C)c1ccc(N)cc1. The van der Waals surface area contributed by atoms with E-state index >= 15 is 0 Å². The maximum Gasteiger partial charge on any atom is 0.123 e. The molecule has 0 saturated heterocycles. The van der Waals surface area contributed by atoms with Crippen LogP contribution in [0.15, 0.2) is 46.9 Å². The lowest BCUT2D eigenvalue weighted by molar-refractivity contribution is 0.225. The summed E-state index contributed by atoms with van der Waals surface area (Å²) in [5.41, 5.74) is 8.68. The third kappa shape index (κ3) is 3.05. The molecule has 1 unspecified atom stereocenters. The number of aryl methyl sites for hydroxylation is 1. The summed E-state index contributed by atoms with van der Waals surface area (Å²) in [6.07, 6.45) is 0.00507. The zero-order valence-electron chi connectivity index (χ0n) is 10.5. The molecule has 0 aliphatic rings. The molecule has 0 heterocycles. The first-order valence-corrected chi connectivity index (χ1v) is 6.64. The summed E-state index contributed by atoms with van der Waals surface area (Å²) < 4.78 is 7.03. The fourth-order valence-corrected chi connectivity index (χ4v) is 2.25. The summed E-state index contributed by atoms with van der Waals surface area (Å²) in [6.45, 7) is 4.07. The molecule has 0 aliphatic heterocycles. The highest BCUT2D eigenvalue weighted by molar-refractivity contribution is 9.10. The van der Waals surface area contributed by atoms with E-state index in [9.17, 15) is 0 Å². The van der Waals surface area contributed by atoms with E-state index in [0.29, 0.717) is 0 Å². The lowest BCUT2D eigenvalue weighted by atomic mass is 10.1. The van der Waals surface area contributed by atoms with Crippen molar-refractivity contribution in [3.63, 3.8) is 0 Å². The van der Waals surface area contributed by atoms with Crippen LogP contribution in [-0.4, -0.2) is 0 Å². The van der Waals surface area contributed by atoms with Crippen molar-refractivity contribution in [1.82, 2.24) is 0 Å². The van der Waals surface area contributed by atoms with Crippen molar-refractivity contribution in [2.75, 3.05) is 5.73 Å². The summed E-state index contributed by atoms with van der Waals surface area (Å²) in [5.74, 6) is 0.905. The monoisotopic (exact) mass is 305 g/mol. The second kappa shape index (κ2) is 5.44. The van der Waals surface area contributed by atoms with Gasteiger partial charge in [0.1, 0.15) is 11.9 Å². The predicted octanol–water partition coefficient (Wildman–Crippen LogP) is 4.48. The van der Waals surface area contributed by atoms with E-state index in [4.69, 9.17) is 10.5 Å². The lowest BCUT2D eigenvalue weighted by Crippen LogP contribution is -2.04. The van der Waals surface area contributed by atoms with E-state index in [2.05, 4.69) is 15.9 Å². The summed E-state index contributed by atoms with van der Waals surface area (Å²) in [4.78, 5) is 0. The van der Waals surface area contributed by atoms with Crippen molar-refractivity contribution in [1.29, 1.82) is 0 Å². The molecule has 0 fully saturated rings. The van der Waals surface area contributed by atoms with Gasteiger partial charge in [-0.25, -0.2) is 0 Å². The third-order valence-electron chi connectivity index (χ3n) is 2.85. The van der Waals surface area contributed by atoms with E-state index in [-0.39, 0.29) is 6.10 Å². The summed E-state index contributed by atoms with van der Waals surface area (Å²) in [7, 11) is 0. The van der Waals surface area contributed by atoms with Gasteiger partial charge in [-0.3, -0.25) is 0 Å². The van der Waals surface area contributed by atoms with Crippen LogP contribution in [0.3, 0.4) is 0 Å². The first kappa shape index (κ1) is 13.0. The molecule has 1 atom stereocenters. The Morgan fingerprint density at radius 2 is 1.78 bits per heavy atom. The molecule has 2 aromatic carbocycles. The van der Waals surface area contributed by atoms with Gasteiger partial charge >= 0.3 is 0 Å². The normalized spacial score (nSPS) is 12.2. The molecule has 2 nitrogen and oxygen atoms in total. The Hall–Kier alpha value is -1.48. The molecule has 0 amide bonds. The van der Waals surface area contributed by atoms with Crippen molar-refractivity contribution in [3.8, 4) is 5.75 Å². The Labute approximate surface area is 116 Å². The van der Waals surface area contributed by atoms with Crippen LogP contribution in [0.4, 0.5) is 5.69 Å². The van der Waals surface area contributed by atoms with Crippen molar-refractivity contribution >= 4 is 21.6 Å². The molecule has 0 bridgehead atoms. The van der Waals surface area contributed by atoms with E-state index < -0.39 is 0 Å². The summed E-state index contributed by atoms with van der Waals surface area (Å²) >= 11 is 3.45. The van der Waals surface area contributed by atoms with Crippen LogP contribution in [0.1, 0.15) is 24.2 Å². The maximum atomic E-state index is 5.96. The van der Waals surface area contributed by atoms with Crippen LogP contribution in [-0.2, 0) is 0 Å². The zero-order chi connectivity index (χ0) is 13.1. The number of ether oxygens (including phenoxy) is 1.